The average Bonchev–Trinajstić information content (AvgIpc) is 3.13. The number of halogens is 1. The van der Waals surface area contributed by atoms with Crippen molar-refractivity contribution in [1.82, 2.24) is 0 Å². The van der Waals surface area contributed by atoms with Crippen molar-refractivity contribution >= 4 is 23.6 Å². The summed E-state index contributed by atoms with van der Waals surface area (Å²) in [6, 6.07) is 18.9. The minimum absolute atomic E-state index is 0.00264. The van der Waals surface area contributed by atoms with Gasteiger partial charge in [0.15, 0.2) is 5.70 Å². The van der Waals surface area contributed by atoms with Gasteiger partial charge in [0.05, 0.1) is 10.5 Å². The molecule has 0 aromatic heterocycles. The number of carbonyl (C=O) groups is 1. The molecule has 154 valence electrons. The molecular weight excluding hydrogens is 403 g/mol. The molecule has 0 fully saturated rings. The molecule has 0 spiro atoms. The minimum Gasteiger partial charge on any atom is -0.488 e. The lowest BCUT2D eigenvalue weighted by molar-refractivity contribution is -0.384. The van der Waals surface area contributed by atoms with Gasteiger partial charge in [0.1, 0.15) is 18.2 Å². The van der Waals surface area contributed by atoms with Gasteiger partial charge >= 0.3 is 5.97 Å². The molecular formula is C23H15FN2O5. The van der Waals surface area contributed by atoms with Crippen molar-refractivity contribution in [1.29, 1.82) is 0 Å². The van der Waals surface area contributed by atoms with Crippen LogP contribution in [0.4, 0.5) is 10.1 Å². The van der Waals surface area contributed by atoms with Gasteiger partial charge in [-0.15, -0.1) is 0 Å². The minimum atomic E-state index is -0.691. The number of non-ortho nitro benzene ring substituents is 1. The molecule has 0 amide bonds. The second kappa shape index (κ2) is 8.58. The standard InChI is InChI=1S/C23H15FN2O5/c24-19-7-3-2-6-18(19)22-25-20(23(27)31-22)13-16-5-1-4-8-21(16)30-14-15-9-11-17(12-10-15)26(28)29/h1-13H,14H2/b20-13-. The molecule has 31 heavy (non-hydrogen) atoms. The fourth-order valence-corrected chi connectivity index (χ4v) is 2.91. The monoisotopic (exact) mass is 418 g/mol. The molecule has 3 aromatic rings. The summed E-state index contributed by atoms with van der Waals surface area (Å²) in [4.78, 5) is 26.6. The maximum absolute atomic E-state index is 14.0. The number of para-hydroxylation sites is 1. The Hall–Kier alpha value is -4.33. The van der Waals surface area contributed by atoms with Crippen molar-refractivity contribution < 1.29 is 23.6 Å². The molecule has 0 unspecified atom stereocenters. The predicted octanol–water partition coefficient (Wildman–Crippen LogP) is 4.66. The van der Waals surface area contributed by atoms with Crippen LogP contribution in [-0.2, 0) is 16.1 Å². The van der Waals surface area contributed by atoms with Crippen molar-refractivity contribution in [2.45, 2.75) is 6.61 Å². The highest BCUT2D eigenvalue weighted by molar-refractivity contribution is 6.13. The number of aliphatic imine (C=N–C) groups is 1. The van der Waals surface area contributed by atoms with Crippen LogP contribution < -0.4 is 4.74 Å². The maximum Gasteiger partial charge on any atom is 0.363 e. The van der Waals surface area contributed by atoms with Crippen LogP contribution >= 0.6 is 0 Å². The van der Waals surface area contributed by atoms with E-state index in [0.29, 0.717) is 11.3 Å². The van der Waals surface area contributed by atoms with Gasteiger partial charge < -0.3 is 9.47 Å². The lowest BCUT2D eigenvalue weighted by Gasteiger charge is -2.09. The third-order valence-electron chi connectivity index (χ3n) is 4.48. The van der Waals surface area contributed by atoms with Crippen LogP contribution in [0.25, 0.3) is 6.08 Å². The Kier molecular flexibility index (Phi) is 5.53. The summed E-state index contributed by atoms with van der Waals surface area (Å²) >= 11 is 0. The summed E-state index contributed by atoms with van der Waals surface area (Å²) in [7, 11) is 0. The molecule has 1 aliphatic rings. The number of carbonyl (C=O) groups excluding carboxylic acids is 1. The third-order valence-corrected chi connectivity index (χ3v) is 4.48. The fraction of sp³-hybridized carbons (Fsp3) is 0.0435. The highest BCUT2D eigenvalue weighted by Crippen LogP contribution is 2.26. The van der Waals surface area contributed by atoms with Crippen LogP contribution in [0.2, 0.25) is 0 Å². The highest BCUT2D eigenvalue weighted by Gasteiger charge is 2.26. The molecule has 0 aliphatic carbocycles. The van der Waals surface area contributed by atoms with Crippen molar-refractivity contribution in [3.63, 3.8) is 0 Å². The first kappa shape index (κ1) is 20.0. The topological polar surface area (TPSA) is 91.0 Å². The number of esters is 1. The number of nitro benzene ring substituents is 1. The molecule has 8 heteroatoms. The second-order valence-corrected chi connectivity index (χ2v) is 6.57. The van der Waals surface area contributed by atoms with Gasteiger partial charge in [0, 0.05) is 17.7 Å². The van der Waals surface area contributed by atoms with E-state index in [1.807, 2.05) is 0 Å². The highest BCUT2D eigenvalue weighted by atomic mass is 19.1. The van der Waals surface area contributed by atoms with Gasteiger partial charge in [-0.3, -0.25) is 10.1 Å². The predicted molar refractivity (Wildman–Crippen MR) is 111 cm³/mol. The largest absolute Gasteiger partial charge is 0.488 e. The van der Waals surface area contributed by atoms with Crippen LogP contribution in [0.1, 0.15) is 16.7 Å². The van der Waals surface area contributed by atoms with Gasteiger partial charge in [-0.25, -0.2) is 14.2 Å². The van der Waals surface area contributed by atoms with E-state index >= 15 is 0 Å². The Morgan fingerprint density at radius 3 is 2.48 bits per heavy atom. The van der Waals surface area contributed by atoms with Crippen molar-refractivity contribution in [2.24, 2.45) is 4.99 Å². The number of benzene rings is 3. The average molecular weight is 418 g/mol. The van der Waals surface area contributed by atoms with E-state index < -0.39 is 16.7 Å². The maximum atomic E-state index is 14.0. The Bertz CT molecular complexity index is 1220. The Balaban J connectivity index is 1.55. The summed E-state index contributed by atoms with van der Waals surface area (Å²) in [6.07, 6.45) is 1.50. The zero-order valence-corrected chi connectivity index (χ0v) is 16.0. The van der Waals surface area contributed by atoms with Crippen molar-refractivity contribution in [3.8, 4) is 5.75 Å². The summed E-state index contributed by atoms with van der Waals surface area (Å²) in [5.74, 6) is -0.847. The molecule has 0 radical (unpaired) electrons. The SMILES string of the molecule is O=C1OC(c2ccccc2F)=N/C1=C\c1ccccc1OCc1ccc([N+](=O)[O-])cc1. The van der Waals surface area contributed by atoms with Gasteiger partial charge in [-0.2, -0.15) is 0 Å². The van der Waals surface area contributed by atoms with Crippen molar-refractivity contribution in [2.75, 3.05) is 0 Å². The number of nitro groups is 1. The van der Waals surface area contributed by atoms with E-state index in [4.69, 9.17) is 9.47 Å². The van der Waals surface area contributed by atoms with E-state index in [0.717, 1.165) is 5.56 Å². The molecule has 0 saturated heterocycles. The number of hydrogen-bond acceptors (Lipinski definition) is 6. The Labute approximate surface area is 176 Å². The normalized spacial score (nSPS) is 14.3. The first-order chi connectivity index (χ1) is 15.0. The van der Waals surface area contributed by atoms with E-state index in [2.05, 4.69) is 4.99 Å². The van der Waals surface area contributed by atoms with Gasteiger partial charge in [-0.05, 0) is 42.0 Å². The molecule has 4 rings (SSSR count). The quantitative estimate of drug-likeness (QED) is 0.251. The summed E-state index contributed by atoms with van der Waals surface area (Å²) in [6.45, 7) is 0.173. The zero-order chi connectivity index (χ0) is 21.8. The molecule has 1 aliphatic heterocycles. The van der Waals surface area contributed by atoms with Crippen molar-refractivity contribution in [3.05, 3.63) is 111 Å². The smallest absolute Gasteiger partial charge is 0.363 e. The Morgan fingerprint density at radius 2 is 1.74 bits per heavy atom. The van der Waals surface area contributed by atoms with Gasteiger partial charge in [-0.1, -0.05) is 30.3 Å². The molecule has 0 saturated carbocycles. The lowest BCUT2D eigenvalue weighted by atomic mass is 10.1. The van der Waals surface area contributed by atoms with Gasteiger partial charge in [0.25, 0.3) is 5.69 Å². The van der Waals surface area contributed by atoms with E-state index in [1.165, 1.54) is 36.4 Å². The fourth-order valence-electron chi connectivity index (χ4n) is 2.91. The first-order valence-electron chi connectivity index (χ1n) is 9.24. The van der Waals surface area contributed by atoms with Gasteiger partial charge in [0.2, 0.25) is 5.90 Å². The van der Waals surface area contributed by atoms with Crippen LogP contribution in [-0.4, -0.2) is 16.8 Å². The molecule has 7 nitrogen and oxygen atoms in total. The van der Waals surface area contributed by atoms with Crippen LogP contribution in [0, 0.1) is 15.9 Å². The lowest BCUT2D eigenvalue weighted by Crippen LogP contribution is -2.07. The number of rotatable bonds is 6. The second-order valence-electron chi connectivity index (χ2n) is 6.57. The van der Waals surface area contributed by atoms with E-state index in [1.54, 1.807) is 42.5 Å². The first-order valence-corrected chi connectivity index (χ1v) is 9.24. The van der Waals surface area contributed by atoms with E-state index in [-0.39, 0.29) is 29.5 Å². The van der Waals surface area contributed by atoms with E-state index in [9.17, 15) is 19.3 Å². The summed E-state index contributed by atoms with van der Waals surface area (Å²) in [5, 5.41) is 10.8. The molecule has 1 heterocycles. The van der Waals surface area contributed by atoms with Crippen LogP contribution in [0.15, 0.2) is 83.5 Å². The molecule has 0 N–H and O–H groups in total. The van der Waals surface area contributed by atoms with Crippen LogP contribution in [0.5, 0.6) is 5.75 Å². The number of ether oxygens (including phenoxy) is 2. The number of nitrogens with zero attached hydrogens (tertiary/aromatic N) is 2. The summed E-state index contributed by atoms with van der Waals surface area (Å²) in [5.41, 5.74) is 1.44. The van der Waals surface area contributed by atoms with Crippen LogP contribution in [0.3, 0.4) is 0 Å². The molecule has 0 atom stereocenters. The number of cyclic esters (lactones) is 1. The third kappa shape index (κ3) is 4.48. The molecule has 3 aromatic carbocycles. The number of hydrogen-bond donors (Lipinski definition) is 0. The Morgan fingerprint density at radius 1 is 1.03 bits per heavy atom. The summed E-state index contributed by atoms with van der Waals surface area (Å²) < 4.78 is 24.9. The molecule has 0 bridgehead atoms. The zero-order valence-electron chi connectivity index (χ0n) is 16.0.